The first kappa shape index (κ1) is 22.4. The fourth-order valence-corrected chi connectivity index (χ4v) is 5.54. The fraction of sp³-hybridized carbons (Fsp3) is 0.609. The van der Waals surface area contributed by atoms with Gasteiger partial charge in [-0.05, 0) is 37.3 Å². The number of hydrogen-bond acceptors (Lipinski definition) is 7. The minimum absolute atomic E-state index is 0.00778. The Kier molecular flexibility index (Phi) is 5.82. The first-order valence-corrected chi connectivity index (χ1v) is 10.3. The number of esters is 2. The summed E-state index contributed by atoms with van der Waals surface area (Å²) in [6.45, 7) is 7.38. The zero-order chi connectivity index (χ0) is 22.3. The van der Waals surface area contributed by atoms with Gasteiger partial charge in [0.25, 0.3) is 0 Å². The highest BCUT2D eigenvalue weighted by Gasteiger charge is 2.69. The number of aliphatic hydroxyl groups excluding tert-OH is 1. The largest absolute Gasteiger partial charge is 0.459 e. The van der Waals surface area contributed by atoms with Gasteiger partial charge in [0.1, 0.15) is 18.8 Å². The lowest BCUT2D eigenvalue weighted by Gasteiger charge is -2.59. The monoisotopic (exact) mass is 418 g/mol. The number of allylic oxidation sites excluding steroid dienone is 2. The summed E-state index contributed by atoms with van der Waals surface area (Å²) >= 11 is 0. The van der Waals surface area contributed by atoms with E-state index in [9.17, 15) is 19.5 Å². The first-order valence-electron chi connectivity index (χ1n) is 10.3. The van der Waals surface area contributed by atoms with Gasteiger partial charge in [-0.2, -0.15) is 0 Å². The molecule has 0 aromatic rings. The lowest BCUT2D eigenvalue weighted by Crippen LogP contribution is -2.65. The van der Waals surface area contributed by atoms with E-state index in [4.69, 9.17) is 14.6 Å². The highest BCUT2D eigenvalue weighted by molar-refractivity contribution is 5.93. The van der Waals surface area contributed by atoms with Crippen molar-refractivity contribution < 1.29 is 34.1 Å². The van der Waals surface area contributed by atoms with E-state index in [0.717, 1.165) is 12.8 Å². The molecule has 1 saturated heterocycles. The molecule has 0 unspecified atom stereocenters. The van der Waals surface area contributed by atoms with E-state index in [2.05, 4.69) is 13.8 Å². The number of ether oxygens (including phenoxy) is 2. The summed E-state index contributed by atoms with van der Waals surface area (Å²) in [7, 11) is 0. The Balaban J connectivity index is 1.87. The molecule has 0 amide bonds. The molecule has 7 heteroatoms. The molecule has 1 heterocycles. The van der Waals surface area contributed by atoms with Gasteiger partial charge in [0.05, 0.1) is 0 Å². The maximum Gasteiger partial charge on any atom is 0.343 e. The van der Waals surface area contributed by atoms with E-state index >= 15 is 0 Å². The van der Waals surface area contributed by atoms with Gasteiger partial charge in [0.15, 0.2) is 11.4 Å². The van der Waals surface area contributed by atoms with Crippen molar-refractivity contribution in [2.24, 2.45) is 16.7 Å². The second-order valence-corrected chi connectivity index (χ2v) is 9.41. The average Bonchev–Trinajstić information content (AvgIpc) is 2.94. The topological polar surface area (TPSA) is 110 Å². The molecule has 0 aromatic heterocycles. The van der Waals surface area contributed by atoms with Crippen molar-refractivity contribution in [3.8, 4) is 0 Å². The van der Waals surface area contributed by atoms with Gasteiger partial charge in [0, 0.05) is 23.0 Å². The van der Waals surface area contributed by atoms with E-state index in [-0.39, 0.29) is 17.9 Å². The summed E-state index contributed by atoms with van der Waals surface area (Å²) in [5.41, 5.74) is -2.33. The molecule has 2 aliphatic carbocycles. The molecule has 5 atom stereocenters. The minimum atomic E-state index is -1.70. The molecule has 2 fully saturated rings. The van der Waals surface area contributed by atoms with Crippen molar-refractivity contribution in [1.82, 2.24) is 0 Å². The van der Waals surface area contributed by atoms with Crippen molar-refractivity contribution >= 4 is 17.7 Å². The summed E-state index contributed by atoms with van der Waals surface area (Å²) in [5, 5.41) is 20.6. The van der Waals surface area contributed by atoms with Crippen LogP contribution >= 0.6 is 0 Å². The quantitative estimate of drug-likeness (QED) is 0.304. The second kappa shape index (κ2) is 7.78. The summed E-state index contributed by atoms with van der Waals surface area (Å²) in [5.74, 6) is -1.96. The van der Waals surface area contributed by atoms with Gasteiger partial charge >= 0.3 is 11.9 Å². The Hall–Kier alpha value is -2.25. The maximum atomic E-state index is 12.5. The zero-order valence-corrected chi connectivity index (χ0v) is 17.9. The van der Waals surface area contributed by atoms with Crippen LogP contribution in [-0.4, -0.2) is 52.4 Å². The number of fused-ring (bicyclic) bond motifs is 3. The molecule has 0 bridgehead atoms. The predicted octanol–water partition coefficient (Wildman–Crippen LogP) is 2.02. The molecular formula is C23H30O7. The highest BCUT2D eigenvalue weighted by Crippen LogP contribution is 2.63. The van der Waals surface area contributed by atoms with Gasteiger partial charge in [0.2, 0.25) is 0 Å². The molecule has 3 aliphatic rings. The molecular weight excluding hydrogens is 388 g/mol. The number of rotatable bonds is 5. The second-order valence-electron chi connectivity index (χ2n) is 9.41. The zero-order valence-electron chi connectivity index (χ0n) is 17.9. The third-order valence-corrected chi connectivity index (χ3v) is 6.95. The standard InChI is InChI=1S/C23H30O7/c1-14(24)16(25)8-5-6-9-18(26)30-17-12-15-13-29-20(27)23(15,28)22(4)11-7-10-21(2,3)19(17)22/h5-6,8-9,12,14,17,19,24,28H,7,10-11,13H2,1-4H3/b8-5+,9-6+/t14-,17+,19+,22-,23+/m0/s1. The van der Waals surface area contributed by atoms with Crippen LogP contribution in [-0.2, 0) is 23.9 Å². The van der Waals surface area contributed by atoms with Gasteiger partial charge < -0.3 is 19.7 Å². The van der Waals surface area contributed by atoms with Crippen molar-refractivity contribution in [2.75, 3.05) is 6.61 Å². The van der Waals surface area contributed by atoms with Crippen molar-refractivity contribution in [2.45, 2.75) is 64.8 Å². The van der Waals surface area contributed by atoms with E-state index in [0.29, 0.717) is 12.0 Å². The SMILES string of the molecule is C[C@H](O)C(=O)/C=C/C=C/C(=O)O[C@@H]1C=C2COC(=O)[C@@]2(O)[C@@]2(C)CCCC(C)(C)[C@@H]12. The van der Waals surface area contributed by atoms with E-state index in [1.165, 1.54) is 31.2 Å². The van der Waals surface area contributed by atoms with Crippen LogP contribution in [0, 0.1) is 16.7 Å². The molecule has 7 nitrogen and oxygen atoms in total. The number of carbonyl (C=O) groups is 3. The van der Waals surface area contributed by atoms with Gasteiger partial charge in [-0.3, -0.25) is 4.79 Å². The summed E-state index contributed by atoms with van der Waals surface area (Å²) in [6, 6.07) is 0. The van der Waals surface area contributed by atoms with E-state index < -0.39 is 40.9 Å². The van der Waals surface area contributed by atoms with Gasteiger partial charge in [-0.25, -0.2) is 9.59 Å². The first-order chi connectivity index (χ1) is 13.9. The Labute approximate surface area is 176 Å². The van der Waals surface area contributed by atoms with Crippen molar-refractivity contribution in [3.63, 3.8) is 0 Å². The average molecular weight is 418 g/mol. The lowest BCUT2D eigenvalue weighted by atomic mass is 9.46. The van der Waals surface area contributed by atoms with Crippen LogP contribution in [0.4, 0.5) is 0 Å². The van der Waals surface area contributed by atoms with Crippen LogP contribution in [0.2, 0.25) is 0 Å². The predicted molar refractivity (Wildman–Crippen MR) is 108 cm³/mol. The van der Waals surface area contributed by atoms with Crippen molar-refractivity contribution in [3.05, 3.63) is 36.0 Å². The van der Waals surface area contributed by atoms with Gasteiger partial charge in [-0.1, -0.05) is 39.3 Å². The summed E-state index contributed by atoms with van der Waals surface area (Å²) in [6.07, 6.45) is 7.44. The normalized spacial score (nSPS) is 36.1. The fourth-order valence-electron chi connectivity index (χ4n) is 5.54. The maximum absolute atomic E-state index is 12.5. The van der Waals surface area contributed by atoms with Crippen LogP contribution in [0.1, 0.15) is 47.0 Å². The lowest BCUT2D eigenvalue weighted by molar-refractivity contribution is -0.194. The Morgan fingerprint density at radius 1 is 1.23 bits per heavy atom. The molecule has 1 saturated carbocycles. The summed E-state index contributed by atoms with van der Waals surface area (Å²) in [4.78, 5) is 36.3. The molecule has 164 valence electrons. The Bertz CT molecular complexity index is 834. The molecule has 0 spiro atoms. The number of carbonyl (C=O) groups excluding carboxylic acids is 3. The van der Waals surface area contributed by atoms with Crippen LogP contribution in [0.3, 0.4) is 0 Å². The molecule has 2 N–H and O–H groups in total. The minimum Gasteiger partial charge on any atom is -0.459 e. The van der Waals surface area contributed by atoms with Crippen LogP contribution in [0.5, 0.6) is 0 Å². The Morgan fingerprint density at radius 2 is 1.90 bits per heavy atom. The third-order valence-electron chi connectivity index (χ3n) is 6.95. The van der Waals surface area contributed by atoms with Crippen LogP contribution < -0.4 is 0 Å². The van der Waals surface area contributed by atoms with E-state index in [1.807, 2.05) is 6.92 Å². The molecule has 0 radical (unpaired) electrons. The molecule has 0 aromatic carbocycles. The highest BCUT2D eigenvalue weighted by atomic mass is 16.6. The van der Waals surface area contributed by atoms with Crippen LogP contribution in [0.15, 0.2) is 36.0 Å². The smallest absolute Gasteiger partial charge is 0.343 e. The molecule has 1 aliphatic heterocycles. The van der Waals surface area contributed by atoms with E-state index in [1.54, 1.807) is 6.08 Å². The molecule has 3 rings (SSSR count). The Morgan fingerprint density at radius 3 is 2.57 bits per heavy atom. The van der Waals surface area contributed by atoms with Crippen LogP contribution in [0.25, 0.3) is 0 Å². The van der Waals surface area contributed by atoms with Gasteiger partial charge in [-0.15, -0.1) is 0 Å². The third kappa shape index (κ3) is 3.54. The van der Waals surface area contributed by atoms with Crippen molar-refractivity contribution in [1.29, 1.82) is 0 Å². The summed E-state index contributed by atoms with van der Waals surface area (Å²) < 4.78 is 10.9. The number of hydrogen-bond donors (Lipinski definition) is 2. The molecule has 30 heavy (non-hydrogen) atoms. The number of ketones is 1. The number of cyclic esters (lactones) is 1. The number of aliphatic hydroxyl groups is 2.